The maximum Gasteiger partial charge on any atom is 0.134 e. The minimum atomic E-state index is -0.649. The zero-order chi connectivity index (χ0) is 14.8. The molecule has 0 fully saturated rings. The highest BCUT2D eigenvalue weighted by atomic mass is 16.4. The van der Waals surface area contributed by atoms with Crippen LogP contribution < -0.4 is 0 Å². The number of aromatic nitrogens is 2. The molecule has 0 radical (unpaired) electrons. The fourth-order valence-corrected chi connectivity index (χ4v) is 2.59. The summed E-state index contributed by atoms with van der Waals surface area (Å²) in [4.78, 5) is 0. The standard InChI is InChI=1S/C17H20N2O2/c1-3-13-10-14(19(4-2)18-13)11-15(20)17-9-12-7-5-6-8-16(12)21-17/h5-10,15,20H,3-4,11H2,1-2H3. The fourth-order valence-electron chi connectivity index (χ4n) is 2.59. The van der Waals surface area contributed by atoms with Crippen LogP contribution in [-0.2, 0) is 19.4 Å². The van der Waals surface area contributed by atoms with Crippen molar-refractivity contribution in [1.82, 2.24) is 9.78 Å². The molecule has 0 aliphatic heterocycles. The topological polar surface area (TPSA) is 51.2 Å². The Hall–Kier alpha value is -2.07. The fraction of sp³-hybridized carbons (Fsp3) is 0.353. The smallest absolute Gasteiger partial charge is 0.134 e. The zero-order valence-electron chi connectivity index (χ0n) is 12.4. The molecule has 3 aromatic rings. The predicted octanol–water partition coefficient (Wildman–Crippen LogP) is 3.49. The third-order valence-electron chi connectivity index (χ3n) is 3.75. The monoisotopic (exact) mass is 284 g/mol. The first-order valence-corrected chi connectivity index (χ1v) is 7.43. The van der Waals surface area contributed by atoms with Gasteiger partial charge in [-0.05, 0) is 31.5 Å². The molecule has 3 rings (SSSR count). The summed E-state index contributed by atoms with van der Waals surface area (Å²) in [6.45, 7) is 4.95. The Morgan fingerprint density at radius 2 is 2.05 bits per heavy atom. The van der Waals surface area contributed by atoms with Crippen molar-refractivity contribution in [3.05, 3.63) is 53.5 Å². The highest BCUT2D eigenvalue weighted by Crippen LogP contribution is 2.26. The molecule has 0 amide bonds. The van der Waals surface area contributed by atoms with Crippen LogP contribution in [0.5, 0.6) is 0 Å². The number of aryl methyl sites for hydroxylation is 2. The van der Waals surface area contributed by atoms with Crippen molar-refractivity contribution in [3.63, 3.8) is 0 Å². The molecule has 1 atom stereocenters. The number of fused-ring (bicyclic) bond motifs is 1. The first kappa shape index (κ1) is 13.9. The summed E-state index contributed by atoms with van der Waals surface area (Å²) in [6, 6.07) is 11.8. The molecule has 21 heavy (non-hydrogen) atoms. The van der Waals surface area contributed by atoms with Crippen LogP contribution in [0, 0.1) is 0 Å². The summed E-state index contributed by atoms with van der Waals surface area (Å²) >= 11 is 0. The predicted molar refractivity (Wildman–Crippen MR) is 82.2 cm³/mol. The molecule has 0 spiro atoms. The first-order chi connectivity index (χ1) is 10.2. The number of aliphatic hydroxyl groups is 1. The molecule has 0 aliphatic rings. The van der Waals surface area contributed by atoms with Crippen molar-refractivity contribution < 1.29 is 9.52 Å². The van der Waals surface area contributed by atoms with Crippen molar-refractivity contribution in [2.75, 3.05) is 0 Å². The molecule has 1 unspecified atom stereocenters. The second kappa shape index (κ2) is 5.74. The van der Waals surface area contributed by atoms with Crippen molar-refractivity contribution in [1.29, 1.82) is 0 Å². The highest BCUT2D eigenvalue weighted by molar-refractivity contribution is 5.77. The summed E-state index contributed by atoms with van der Waals surface area (Å²) in [6.07, 6.45) is 0.769. The molecule has 0 bridgehead atoms. The van der Waals surface area contributed by atoms with Gasteiger partial charge in [-0.15, -0.1) is 0 Å². The second-order valence-electron chi connectivity index (χ2n) is 5.20. The Balaban J connectivity index is 1.85. The second-order valence-corrected chi connectivity index (χ2v) is 5.20. The van der Waals surface area contributed by atoms with Gasteiger partial charge in [0.15, 0.2) is 0 Å². The van der Waals surface area contributed by atoms with Gasteiger partial charge >= 0.3 is 0 Å². The number of rotatable bonds is 5. The van der Waals surface area contributed by atoms with E-state index in [1.807, 2.05) is 35.0 Å². The van der Waals surface area contributed by atoms with Crippen molar-refractivity contribution in [3.8, 4) is 0 Å². The maximum absolute atomic E-state index is 10.4. The zero-order valence-corrected chi connectivity index (χ0v) is 12.4. The third-order valence-corrected chi connectivity index (χ3v) is 3.75. The SMILES string of the molecule is CCc1cc(CC(O)c2cc3ccccc3o2)n(CC)n1. The van der Waals surface area contributed by atoms with E-state index in [2.05, 4.69) is 25.0 Å². The van der Waals surface area contributed by atoms with Crippen LogP contribution >= 0.6 is 0 Å². The number of furan rings is 1. The van der Waals surface area contributed by atoms with Crippen LogP contribution in [0.15, 0.2) is 40.8 Å². The minimum Gasteiger partial charge on any atom is -0.458 e. The molecular formula is C17H20N2O2. The average Bonchev–Trinajstić information content (AvgIpc) is 3.10. The van der Waals surface area contributed by atoms with E-state index in [1.54, 1.807) is 0 Å². The van der Waals surface area contributed by atoms with Crippen LogP contribution in [-0.4, -0.2) is 14.9 Å². The van der Waals surface area contributed by atoms with E-state index in [9.17, 15) is 5.11 Å². The van der Waals surface area contributed by atoms with Crippen LogP contribution in [0.1, 0.15) is 37.1 Å². The van der Waals surface area contributed by atoms with Gasteiger partial charge in [0.1, 0.15) is 17.4 Å². The maximum atomic E-state index is 10.4. The normalized spacial score (nSPS) is 12.9. The molecule has 0 aliphatic carbocycles. The number of hydrogen-bond donors (Lipinski definition) is 1. The molecular weight excluding hydrogens is 264 g/mol. The molecule has 110 valence electrons. The van der Waals surface area contributed by atoms with Crippen LogP contribution in [0.2, 0.25) is 0 Å². The molecule has 2 aromatic heterocycles. The number of benzene rings is 1. The van der Waals surface area contributed by atoms with E-state index in [0.29, 0.717) is 12.2 Å². The summed E-state index contributed by atoms with van der Waals surface area (Å²) in [5, 5.41) is 16.0. The highest BCUT2D eigenvalue weighted by Gasteiger charge is 2.17. The number of aliphatic hydroxyl groups excluding tert-OH is 1. The largest absolute Gasteiger partial charge is 0.458 e. The Bertz CT molecular complexity index is 709. The van der Waals surface area contributed by atoms with Gasteiger partial charge < -0.3 is 9.52 Å². The quantitative estimate of drug-likeness (QED) is 0.780. The van der Waals surface area contributed by atoms with E-state index in [-0.39, 0.29) is 0 Å². The van der Waals surface area contributed by atoms with Gasteiger partial charge in [-0.1, -0.05) is 25.1 Å². The van der Waals surface area contributed by atoms with Gasteiger partial charge in [0, 0.05) is 24.0 Å². The lowest BCUT2D eigenvalue weighted by atomic mass is 10.1. The van der Waals surface area contributed by atoms with Gasteiger partial charge in [0.25, 0.3) is 0 Å². The summed E-state index contributed by atoms with van der Waals surface area (Å²) < 4.78 is 7.68. The van der Waals surface area contributed by atoms with Crippen molar-refractivity contribution >= 4 is 11.0 Å². The Kier molecular flexibility index (Phi) is 3.80. The average molecular weight is 284 g/mol. The first-order valence-electron chi connectivity index (χ1n) is 7.43. The van der Waals surface area contributed by atoms with Crippen molar-refractivity contribution in [2.24, 2.45) is 0 Å². The van der Waals surface area contributed by atoms with E-state index < -0.39 is 6.10 Å². The molecule has 1 N–H and O–H groups in total. The Morgan fingerprint density at radius 1 is 1.24 bits per heavy atom. The summed E-state index contributed by atoms with van der Waals surface area (Å²) in [5.74, 6) is 0.609. The Morgan fingerprint density at radius 3 is 2.76 bits per heavy atom. The molecule has 2 heterocycles. The van der Waals surface area contributed by atoms with Gasteiger partial charge in [0.2, 0.25) is 0 Å². The van der Waals surface area contributed by atoms with Gasteiger partial charge in [0.05, 0.1) is 5.69 Å². The number of hydrogen-bond acceptors (Lipinski definition) is 3. The molecule has 4 nitrogen and oxygen atoms in total. The van der Waals surface area contributed by atoms with Crippen LogP contribution in [0.25, 0.3) is 11.0 Å². The number of para-hydroxylation sites is 1. The van der Waals surface area contributed by atoms with Gasteiger partial charge in [-0.3, -0.25) is 4.68 Å². The van der Waals surface area contributed by atoms with Crippen LogP contribution in [0.3, 0.4) is 0 Å². The van der Waals surface area contributed by atoms with Gasteiger partial charge in [-0.25, -0.2) is 0 Å². The molecule has 4 heteroatoms. The summed E-state index contributed by atoms with van der Waals surface area (Å²) in [5.41, 5.74) is 2.91. The lowest BCUT2D eigenvalue weighted by Crippen LogP contribution is -2.07. The lowest BCUT2D eigenvalue weighted by molar-refractivity contribution is 0.150. The van der Waals surface area contributed by atoms with Crippen LogP contribution in [0.4, 0.5) is 0 Å². The van der Waals surface area contributed by atoms with Gasteiger partial charge in [-0.2, -0.15) is 5.10 Å². The lowest BCUT2D eigenvalue weighted by Gasteiger charge is -2.08. The van der Waals surface area contributed by atoms with Crippen molar-refractivity contribution in [2.45, 2.75) is 39.3 Å². The van der Waals surface area contributed by atoms with E-state index in [0.717, 1.165) is 35.3 Å². The third kappa shape index (κ3) is 2.72. The van der Waals surface area contributed by atoms with E-state index >= 15 is 0 Å². The summed E-state index contributed by atoms with van der Waals surface area (Å²) in [7, 11) is 0. The number of nitrogens with zero attached hydrogens (tertiary/aromatic N) is 2. The molecule has 0 saturated carbocycles. The van der Waals surface area contributed by atoms with E-state index in [1.165, 1.54) is 0 Å². The molecule has 0 saturated heterocycles. The Labute approximate surface area is 124 Å². The van der Waals surface area contributed by atoms with E-state index in [4.69, 9.17) is 4.42 Å². The minimum absolute atomic E-state index is 0.515. The molecule has 1 aromatic carbocycles.